The fourth-order valence-electron chi connectivity index (χ4n) is 1.96. The summed E-state index contributed by atoms with van der Waals surface area (Å²) < 4.78 is 1.98. The number of benzene rings is 1. The van der Waals surface area contributed by atoms with Gasteiger partial charge in [0.25, 0.3) is 5.56 Å². The van der Waals surface area contributed by atoms with E-state index in [2.05, 4.69) is 51.5 Å². The number of aryl methyl sites for hydroxylation is 1. The van der Waals surface area contributed by atoms with Crippen LogP contribution in [-0.4, -0.2) is 9.78 Å². The summed E-state index contributed by atoms with van der Waals surface area (Å²) in [5.41, 5.74) is 2.99. The van der Waals surface area contributed by atoms with E-state index in [-0.39, 0.29) is 11.6 Å². The highest BCUT2D eigenvalue weighted by atomic mass is 79.9. The van der Waals surface area contributed by atoms with Crippen molar-refractivity contribution in [2.75, 3.05) is 5.32 Å². The molecule has 1 heterocycles. The molecule has 2 aromatic rings. The average molecular weight is 336 g/mol. The molecule has 0 bridgehead atoms. The van der Waals surface area contributed by atoms with E-state index in [1.165, 1.54) is 15.8 Å². The molecule has 106 valence electrons. The zero-order valence-corrected chi connectivity index (χ0v) is 13.4. The van der Waals surface area contributed by atoms with E-state index in [0.717, 1.165) is 0 Å². The van der Waals surface area contributed by atoms with E-state index in [1.54, 1.807) is 6.20 Å². The Morgan fingerprint density at radius 3 is 2.80 bits per heavy atom. The number of nitrogens with one attached hydrogen (secondary N) is 1. The van der Waals surface area contributed by atoms with Crippen LogP contribution in [0.2, 0.25) is 0 Å². The topological polar surface area (TPSA) is 46.9 Å². The number of hydrogen-bond donors (Lipinski definition) is 1. The molecule has 0 amide bonds. The molecule has 0 aliphatic rings. The van der Waals surface area contributed by atoms with Gasteiger partial charge in [0.05, 0.1) is 17.9 Å². The smallest absolute Gasteiger partial charge is 0.283 e. The van der Waals surface area contributed by atoms with Gasteiger partial charge in [-0.15, -0.1) is 0 Å². The van der Waals surface area contributed by atoms with Crippen molar-refractivity contribution in [3.05, 3.63) is 56.4 Å². The minimum Gasteiger partial charge on any atom is -0.379 e. The second-order valence-electron chi connectivity index (χ2n) is 5.06. The molecular weight excluding hydrogens is 318 g/mol. The third kappa shape index (κ3) is 3.28. The second-order valence-corrected chi connectivity index (χ2v) is 5.85. The molecule has 0 aliphatic heterocycles. The van der Waals surface area contributed by atoms with Gasteiger partial charge in [-0.2, -0.15) is 5.10 Å². The molecule has 5 heteroatoms. The number of nitrogens with zero attached hydrogens (tertiary/aromatic N) is 2. The Kier molecular flexibility index (Phi) is 4.60. The minimum atomic E-state index is -0.116. The van der Waals surface area contributed by atoms with E-state index in [1.807, 2.05) is 19.9 Å². The van der Waals surface area contributed by atoms with Gasteiger partial charge in [0.2, 0.25) is 0 Å². The Hall–Kier alpha value is -1.62. The summed E-state index contributed by atoms with van der Waals surface area (Å²) in [6.45, 7) is 6.58. The molecule has 4 nitrogen and oxygen atoms in total. The first kappa shape index (κ1) is 14.8. The van der Waals surface area contributed by atoms with Crippen molar-refractivity contribution in [2.45, 2.75) is 33.4 Å². The molecule has 1 aromatic heterocycles. The maximum absolute atomic E-state index is 12.1. The van der Waals surface area contributed by atoms with Gasteiger partial charge in [-0.25, -0.2) is 4.68 Å². The highest BCUT2D eigenvalue weighted by Crippen LogP contribution is 2.18. The molecule has 0 unspecified atom stereocenters. The maximum atomic E-state index is 12.1. The number of hydrogen-bond acceptors (Lipinski definition) is 3. The lowest BCUT2D eigenvalue weighted by atomic mass is 10.1. The summed E-state index contributed by atoms with van der Waals surface area (Å²) in [7, 11) is 0. The number of halogens is 1. The van der Waals surface area contributed by atoms with Gasteiger partial charge in [-0.1, -0.05) is 29.8 Å². The first-order chi connectivity index (χ1) is 9.49. The minimum absolute atomic E-state index is 0.0459. The van der Waals surface area contributed by atoms with Crippen molar-refractivity contribution in [2.24, 2.45) is 0 Å². The van der Waals surface area contributed by atoms with Crippen molar-refractivity contribution in [3.8, 4) is 0 Å². The van der Waals surface area contributed by atoms with Crippen LogP contribution in [0.3, 0.4) is 0 Å². The lowest BCUT2D eigenvalue weighted by Gasteiger charge is -2.12. The molecule has 0 spiro atoms. The van der Waals surface area contributed by atoms with E-state index in [4.69, 9.17) is 0 Å². The monoisotopic (exact) mass is 335 g/mol. The summed E-state index contributed by atoms with van der Waals surface area (Å²) in [4.78, 5) is 12.1. The van der Waals surface area contributed by atoms with Crippen LogP contribution in [0.15, 0.2) is 39.7 Å². The summed E-state index contributed by atoms with van der Waals surface area (Å²) in [6, 6.07) is 8.30. The quantitative estimate of drug-likeness (QED) is 0.929. The van der Waals surface area contributed by atoms with Crippen molar-refractivity contribution in [1.82, 2.24) is 9.78 Å². The molecule has 1 N–H and O–H groups in total. The third-order valence-corrected chi connectivity index (χ3v) is 3.76. The van der Waals surface area contributed by atoms with Crippen LogP contribution >= 0.6 is 15.9 Å². The molecule has 0 saturated carbocycles. The molecule has 0 radical (unpaired) electrons. The van der Waals surface area contributed by atoms with Crippen LogP contribution in [0.25, 0.3) is 0 Å². The summed E-state index contributed by atoms with van der Waals surface area (Å²) in [5.74, 6) is 0. The molecule has 0 saturated heterocycles. The zero-order chi connectivity index (χ0) is 14.7. The first-order valence-corrected chi connectivity index (χ1v) is 7.35. The molecule has 0 fully saturated rings. The number of anilines is 1. The third-order valence-electron chi connectivity index (χ3n) is 3.00. The van der Waals surface area contributed by atoms with Crippen molar-refractivity contribution in [1.29, 1.82) is 0 Å². The summed E-state index contributed by atoms with van der Waals surface area (Å²) in [5, 5.41) is 7.42. The standard InChI is InChI=1S/C15H18BrN3O/c1-10(2)19-15(20)14(16)13(9-18-19)17-8-12-6-4-5-11(3)7-12/h4-7,9-10,17H,8H2,1-3H3. The molecule has 0 aliphatic carbocycles. The Labute approximate surface area is 127 Å². The van der Waals surface area contributed by atoms with Gasteiger partial charge in [-0.3, -0.25) is 4.79 Å². The zero-order valence-electron chi connectivity index (χ0n) is 11.9. The van der Waals surface area contributed by atoms with E-state index < -0.39 is 0 Å². The lowest BCUT2D eigenvalue weighted by Crippen LogP contribution is -2.26. The highest BCUT2D eigenvalue weighted by molar-refractivity contribution is 9.10. The highest BCUT2D eigenvalue weighted by Gasteiger charge is 2.10. The largest absolute Gasteiger partial charge is 0.379 e. The number of aromatic nitrogens is 2. The second kappa shape index (κ2) is 6.22. The molecular formula is C15H18BrN3O. The summed E-state index contributed by atoms with van der Waals surface area (Å²) >= 11 is 3.35. The van der Waals surface area contributed by atoms with Gasteiger partial charge in [-0.05, 0) is 42.3 Å². The molecule has 2 rings (SSSR count). The maximum Gasteiger partial charge on any atom is 0.283 e. The van der Waals surface area contributed by atoms with Crippen LogP contribution < -0.4 is 10.9 Å². The molecule has 0 atom stereocenters. The van der Waals surface area contributed by atoms with Crippen LogP contribution in [0.4, 0.5) is 5.69 Å². The van der Waals surface area contributed by atoms with Gasteiger partial charge in [0.1, 0.15) is 4.47 Å². The van der Waals surface area contributed by atoms with E-state index in [9.17, 15) is 4.79 Å². The Morgan fingerprint density at radius 1 is 1.40 bits per heavy atom. The van der Waals surface area contributed by atoms with Gasteiger partial charge in [0, 0.05) is 6.54 Å². The molecule has 20 heavy (non-hydrogen) atoms. The van der Waals surface area contributed by atoms with Crippen LogP contribution in [0, 0.1) is 6.92 Å². The van der Waals surface area contributed by atoms with Crippen molar-refractivity contribution >= 4 is 21.6 Å². The van der Waals surface area contributed by atoms with E-state index >= 15 is 0 Å². The molecule has 1 aromatic carbocycles. The fraction of sp³-hybridized carbons (Fsp3) is 0.333. The summed E-state index contributed by atoms with van der Waals surface area (Å²) in [6.07, 6.45) is 1.68. The normalized spacial score (nSPS) is 10.8. The van der Waals surface area contributed by atoms with E-state index in [0.29, 0.717) is 16.7 Å². The van der Waals surface area contributed by atoms with Gasteiger partial charge >= 0.3 is 0 Å². The van der Waals surface area contributed by atoms with Crippen LogP contribution in [0.1, 0.15) is 31.0 Å². The SMILES string of the molecule is Cc1cccc(CNc2cnn(C(C)C)c(=O)c2Br)c1. The lowest BCUT2D eigenvalue weighted by molar-refractivity contribution is 0.501. The fourth-order valence-corrected chi connectivity index (χ4v) is 2.38. The van der Waals surface area contributed by atoms with Crippen LogP contribution in [0.5, 0.6) is 0 Å². The van der Waals surface area contributed by atoms with Crippen molar-refractivity contribution < 1.29 is 0 Å². The predicted molar refractivity (Wildman–Crippen MR) is 85.1 cm³/mol. The average Bonchev–Trinajstić information content (AvgIpc) is 2.40. The van der Waals surface area contributed by atoms with Crippen LogP contribution in [-0.2, 0) is 6.54 Å². The number of rotatable bonds is 4. The Balaban J connectivity index is 2.19. The van der Waals surface area contributed by atoms with Gasteiger partial charge < -0.3 is 5.32 Å². The van der Waals surface area contributed by atoms with Gasteiger partial charge in [0.15, 0.2) is 0 Å². The predicted octanol–water partition coefficient (Wildman–Crippen LogP) is 3.51. The first-order valence-electron chi connectivity index (χ1n) is 6.55. The Morgan fingerprint density at radius 2 is 2.15 bits per heavy atom. The Bertz CT molecular complexity index is 664. The van der Waals surface area contributed by atoms with Crippen molar-refractivity contribution in [3.63, 3.8) is 0 Å².